The summed E-state index contributed by atoms with van der Waals surface area (Å²) in [6.07, 6.45) is 7.94. The standard InChI is InChI=1S/C22H28F2O2/c1-21-9-7-14(25)11-13(21)3-4-15-16-5-6-18(19(26)12-20(23)24)22(16,2)10-8-17(15)21/h11-12,15-18H,3-10H2,1-2H3/t15-,16-,17-,18+,21-,22-/m0/s1. The van der Waals surface area contributed by atoms with Crippen LogP contribution in [0.2, 0.25) is 0 Å². The number of hydrogen-bond acceptors (Lipinski definition) is 2. The summed E-state index contributed by atoms with van der Waals surface area (Å²) in [7, 11) is 0. The molecule has 0 unspecified atom stereocenters. The molecule has 26 heavy (non-hydrogen) atoms. The Morgan fingerprint density at radius 1 is 1.08 bits per heavy atom. The van der Waals surface area contributed by atoms with Crippen LogP contribution >= 0.6 is 0 Å². The maximum Gasteiger partial charge on any atom is 0.273 e. The summed E-state index contributed by atoms with van der Waals surface area (Å²) in [4.78, 5) is 24.3. The van der Waals surface area contributed by atoms with Crippen LogP contribution in [-0.2, 0) is 9.59 Å². The molecule has 0 spiro atoms. The van der Waals surface area contributed by atoms with Gasteiger partial charge in [0.15, 0.2) is 11.6 Å². The van der Waals surface area contributed by atoms with Crippen LogP contribution in [0.1, 0.15) is 65.2 Å². The molecule has 0 N–H and O–H groups in total. The first kappa shape index (κ1) is 18.1. The highest BCUT2D eigenvalue weighted by atomic mass is 19.3. The number of hydrogen-bond donors (Lipinski definition) is 0. The molecule has 0 aliphatic heterocycles. The van der Waals surface area contributed by atoms with Gasteiger partial charge in [-0.1, -0.05) is 19.4 Å². The molecule has 142 valence electrons. The van der Waals surface area contributed by atoms with Crippen molar-refractivity contribution in [2.45, 2.75) is 65.2 Å². The zero-order valence-electron chi connectivity index (χ0n) is 15.7. The average molecular weight is 362 g/mol. The van der Waals surface area contributed by atoms with Crippen molar-refractivity contribution < 1.29 is 18.4 Å². The van der Waals surface area contributed by atoms with E-state index in [9.17, 15) is 18.4 Å². The molecule has 4 aliphatic carbocycles. The van der Waals surface area contributed by atoms with Gasteiger partial charge in [0.2, 0.25) is 0 Å². The summed E-state index contributed by atoms with van der Waals surface area (Å²) >= 11 is 0. The third-order valence-corrected chi connectivity index (χ3v) is 8.56. The van der Waals surface area contributed by atoms with Gasteiger partial charge in [0.1, 0.15) is 0 Å². The van der Waals surface area contributed by atoms with Crippen LogP contribution in [0, 0.1) is 34.5 Å². The minimum absolute atomic E-state index is 0.116. The number of fused-ring (bicyclic) bond motifs is 5. The molecule has 4 aliphatic rings. The van der Waals surface area contributed by atoms with Crippen molar-refractivity contribution in [3.8, 4) is 0 Å². The van der Waals surface area contributed by atoms with Crippen LogP contribution in [0.4, 0.5) is 8.78 Å². The van der Waals surface area contributed by atoms with Crippen LogP contribution in [0.25, 0.3) is 0 Å². The summed E-state index contributed by atoms with van der Waals surface area (Å²) in [6, 6.07) is 0. The van der Waals surface area contributed by atoms with Crippen LogP contribution in [0.15, 0.2) is 23.8 Å². The van der Waals surface area contributed by atoms with Crippen molar-refractivity contribution in [2.75, 3.05) is 0 Å². The molecule has 0 bridgehead atoms. The third-order valence-electron chi connectivity index (χ3n) is 8.56. The van der Waals surface area contributed by atoms with Gasteiger partial charge in [0, 0.05) is 18.4 Å². The van der Waals surface area contributed by atoms with E-state index in [1.165, 1.54) is 5.57 Å². The number of allylic oxidation sites excluding steroid dienone is 2. The fraction of sp³-hybridized carbons (Fsp3) is 0.727. The Morgan fingerprint density at radius 3 is 2.58 bits per heavy atom. The van der Waals surface area contributed by atoms with Crippen LogP contribution < -0.4 is 0 Å². The van der Waals surface area contributed by atoms with E-state index in [0.717, 1.165) is 44.9 Å². The van der Waals surface area contributed by atoms with Crippen molar-refractivity contribution in [1.82, 2.24) is 0 Å². The quantitative estimate of drug-likeness (QED) is 0.609. The second-order valence-corrected chi connectivity index (χ2v) is 9.48. The minimum Gasteiger partial charge on any atom is -0.295 e. The molecule has 0 aromatic heterocycles. The Morgan fingerprint density at radius 2 is 1.85 bits per heavy atom. The van der Waals surface area contributed by atoms with Gasteiger partial charge in [0.25, 0.3) is 6.08 Å². The number of ketones is 2. The molecular weight excluding hydrogens is 334 g/mol. The van der Waals surface area contributed by atoms with Crippen LogP contribution in [0.5, 0.6) is 0 Å². The summed E-state index contributed by atoms with van der Waals surface area (Å²) < 4.78 is 25.3. The highest BCUT2D eigenvalue weighted by Crippen LogP contribution is 2.66. The van der Waals surface area contributed by atoms with Crippen molar-refractivity contribution in [3.63, 3.8) is 0 Å². The first-order valence-corrected chi connectivity index (χ1v) is 10.1. The monoisotopic (exact) mass is 362 g/mol. The molecule has 3 saturated carbocycles. The average Bonchev–Trinajstić information content (AvgIpc) is 2.92. The van der Waals surface area contributed by atoms with E-state index >= 15 is 0 Å². The van der Waals surface area contributed by atoms with E-state index in [0.29, 0.717) is 30.3 Å². The zero-order valence-corrected chi connectivity index (χ0v) is 15.7. The molecule has 0 heterocycles. The SMILES string of the molecule is C[C@]12CC[C@H]3[C@@H](CCC4=CC(=O)CC[C@@]43C)[C@@H]1CC[C@@H]2C(=O)C=C(F)F. The van der Waals surface area contributed by atoms with Gasteiger partial charge in [-0.2, -0.15) is 8.78 Å². The van der Waals surface area contributed by atoms with Crippen LogP contribution in [0.3, 0.4) is 0 Å². The lowest BCUT2D eigenvalue weighted by Gasteiger charge is -2.58. The van der Waals surface area contributed by atoms with Crippen LogP contribution in [-0.4, -0.2) is 11.6 Å². The van der Waals surface area contributed by atoms with Crippen molar-refractivity contribution >= 4 is 11.6 Å². The lowest BCUT2D eigenvalue weighted by atomic mass is 9.46. The Kier molecular flexibility index (Phi) is 4.24. The smallest absolute Gasteiger partial charge is 0.273 e. The number of halogens is 2. The Balaban J connectivity index is 1.62. The summed E-state index contributed by atoms with van der Waals surface area (Å²) in [5, 5.41) is 0. The molecule has 0 aromatic carbocycles. The summed E-state index contributed by atoms with van der Waals surface area (Å²) in [5.41, 5.74) is 1.31. The lowest BCUT2D eigenvalue weighted by molar-refractivity contribution is -0.126. The minimum atomic E-state index is -1.87. The third kappa shape index (κ3) is 2.55. The molecule has 0 saturated heterocycles. The molecule has 2 nitrogen and oxygen atoms in total. The second kappa shape index (κ2) is 6.10. The number of carbonyl (C=O) groups is 2. The first-order valence-electron chi connectivity index (χ1n) is 10.1. The van der Waals surface area contributed by atoms with Gasteiger partial charge in [0.05, 0.1) is 0 Å². The van der Waals surface area contributed by atoms with Gasteiger partial charge in [-0.05, 0) is 79.6 Å². The first-order chi connectivity index (χ1) is 12.3. The predicted octanol–water partition coefficient (Wildman–Crippen LogP) is 5.48. The zero-order chi connectivity index (χ0) is 18.7. The molecule has 4 rings (SSSR count). The molecule has 0 radical (unpaired) electrons. The Bertz CT molecular complexity index is 705. The molecule has 0 amide bonds. The highest BCUT2D eigenvalue weighted by molar-refractivity contribution is 5.93. The summed E-state index contributed by atoms with van der Waals surface area (Å²) in [6.45, 7) is 4.51. The Labute approximate surface area is 154 Å². The van der Waals surface area contributed by atoms with Crippen molar-refractivity contribution in [3.05, 3.63) is 23.8 Å². The largest absolute Gasteiger partial charge is 0.295 e. The molecule has 6 atom stereocenters. The topological polar surface area (TPSA) is 34.1 Å². The second-order valence-electron chi connectivity index (χ2n) is 9.48. The highest BCUT2D eigenvalue weighted by Gasteiger charge is 2.59. The number of carbonyl (C=O) groups excluding carboxylic acids is 2. The lowest BCUT2D eigenvalue weighted by Crippen LogP contribution is -2.51. The fourth-order valence-electron chi connectivity index (χ4n) is 7.23. The van der Waals surface area contributed by atoms with E-state index in [4.69, 9.17) is 0 Å². The Hall–Kier alpha value is -1.32. The van der Waals surface area contributed by atoms with Gasteiger partial charge in [-0.3, -0.25) is 9.59 Å². The van der Waals surface area contributed by atoms with Gasteiger partial charge in [-0.15, -0.1) is 0 Å². The van der Waals surface area contributed by atoms with Crippen molar-refractivity contribution in [1.29, 1.82) is 0 Å². The van der Waals surface area contributed by atoms with E-state index in [2.05, 4.69) is 13.8 Å². The van der Waals surface area contributed by atoms with E-state index in [1.54, 1.807) is 0 Å². The van der Waals surface area contributed by atoms with E-state index < -0.39 is 6.08 Å². The molecular formula is C22H28F2O2. The van der Waals surface area contributed by atoms with Gasteiger partial charge in [-0.25, -0.2) is 0 Å². The normalized spacial score (nSPS) is 44.5. The van der Waals surface area contributed by atoms with Crippen molar-refractivity contribution in [2.24, 2.45) is 34.5 Å². The number of rotatable bonds is 2. The predicted molar refractivity (Wildman–Crippen MR) is 95.5 cm³/mol. The molecule has 4 heteroatoms. The summed E-state index contributed by atoms with van der Waals surface area (Å²) in [5.74, 6) is 1.20. The fourth-order valence-corrected chi connectivity index (χ4v) is 7.23. The van der Waals surface area contributed by atoms with E-state index in [-0.39, 0.29) is 28.3 Å². The maximum atomic E-state index is 12.6. The molecule has 0 aromatic rings. The maximum absolute atomic E-state index is 12.6. The van der Waals surface area contributed by atoms with Gasteiger partial charge >= 0.3 is 0 Å². The molecule has 3 fully saturated rings. The van der Waals surface area contributed by atoms with Gasteiger partial charge < -0.3 is 0 Å². The van der Waals surface area contributed by atoms with E-state index in [1.807, 2.05) is 6.08 Å².